The molecule has 4 heterocycles. The van der Waals surface area contributed by atoms with Gasteiger partial charge in [0.1, 0.15) is 5.56 Å². The van der Waals surface area contributed by atoms with Crippen molar-refractivity contribution < 1.29 is 13.9 Å². The van der Waals surface area contributed by atoms with Crippen molar-refractivity contribution >= 4 is 22.9 Å². The zero-order chi connectivity index (χ0) is 24.7. The molecule has 9 heteroatoms. The second kappa shape index (κ2) is 8.81. The number of carbonyl (C=O) groups is 1. The Hall–Kier alpha value is -3.72. The fourth-order valence-electron chi connectivity index (χ4n) is 4.36. The van der Waals surface area contributed by atoms with Crippen LogP contribution in [-0.4, -0.2) is 51.4 Å². The number of anilines is 2. The quantitative estimate of drug-likeness (QED) is 0.470. The lowest BCUT2D eigenvalue weighted by Gasteiger charge is -2.29. The summed E-state index contributed by atoms with van der Waals surface area (Å²) in [6.45, 7) is 10.5. The van der Waals surface area contributed by atoms with Gasteiger partial charge in [-0.15, -0.1) is 0 Å². The molecule has 1 fully saturated rings. The molecule has 1 aliphatic rings. The van der Waals surface area contributed by atoms with Crippen molar-refractivity contribution in [3.05, 3.63) is 66.1 Å². The average molecular weight is 477 g/mol. The van der Waals surface area contributed by atoms with Crippen molar-refractivity contribution in [2.24, 2.45) is 0 Å². The van der Waals surface area contributed by atoms with Crippen molar-refractivity contribution in [3.63, 3.8) is 0 Å². The van der Waals surface area contributed by atoms with Crippen molar-refractivity contribution in [1.29, 1.82) is 0 Å². The molecule has 5 rings (SSSR count). The van der Waals surface area contributed by atoms with Gasteiger partial charge in [0.15, 0.2) is 5.65 Å². The number of hydrogen-bond donors (Lipinski definition) is 1. The van der Waals surface area contributed by atoms with E-state index >= 15 is 0 Å². The van der Waals surface area contributed by atoms with Gasteiger partial charge >= 0.3 is 0 Å². The van der Waals surface area contributed by atoms with Crippen molar-refractivity contribution in [3.8, 4) is 11.1 Å². The van der Waals surface area contributed by atoms with Gasteiger partial charge in [-0.25, -0.2) is 9.67 Å². The molecule has 1 aliphatic heterocycles. The second-order valence-corrected chi connectivity index (χ2v) is 9.79. The maximum Gasteiger partial charge on any atom is 0.261 e. The molecule has 0 spiro atoms. The van der Waals surface area contributed by atoms with Gasteiger partial charge in [0.25, 0.3) is 5.91 Å². The van der Waals surface area contributed by atoms with E-state index in [4.69, 9.17) is 4.74 Å². The molecule has 0 radical (unpaired) electrons. The topological polar surface area (TPSA) is 76.7 Å². The minimum atomic E-state index is -0.650. The first-order valence-electron chi connectivity index (χ1n) is 11.7. The normalized spacial score (nSPS) is 14.5. The number of halogens is 1. The van der Waals surface area contributed by atoms with E-state index in [1.54, 1.807) is 6.20 Å². The van der Waals surface area contributed by atoms with Crippen LogP contribution in [0.25, 0.3) is 16.8 Å². The predicted molar refractivity (Wildman–Crippen MR) is 134 cm³/mol. The summed E-state index contributed by atoms with van der Waals surface area (Å²) in [5, 5.41) is 6.90. The fraction of sp³-hybridized carbons (Fsp3) is 0.346. The number of hydrogen-bond acceptors (Lipinski definition) is 5. The standard InChI is InChI=1S/C26H29FN6O2/c1-17-5-6-19(30-25(34)21-15-29-33(23(21)27)26(2,3)4)14-20(17)18-13-22(31-9-11-35-12-10-31)24-28-7-8-32(24)16-18/h5-8,13-16H,9-12H2,1-4H3,(H,30,34). The van der Waals surface area contributed by atoms with E-state index < -0.39 is 17.4 Å². The number of amides is 1. The van der Waals surface area contributed by atoms with Crippen LogP contribution in [-0.2, 0) is 10.3 Å². The number of benzene rings is 1. The van der Waals surface area contributed by atoms with Crippen LogP contribution in [0, 0.1) is 12.9 Å². The van der Waals surface area contributed by atoms with Crippen molar-refractivity contribution in [2.75, 3.05) is 36.5 Å². The van der Waals surface area contributed by atoms with Crippen molar-refractivity contribution in [2.45, 2.75) is 33.2 Å². The average Bonchev–Trinajstić information content (AvgIpc) is 3.46. The van der Waals surface area contributed by atoms with Gasteiger partial charge in [0.05, 0.1) is 30.6 Å². The zero-order valence-corrected chi connectivity index (χ0v) is 20.4. The SMILES string of the molecule is Cc1ccc(NC(=O)c2cnn(C(C)(C)C)c2F)cc1-c1cc(N2CCOCC2)c2nccn2c1. The van der Waals surface area contributed by atoms with Gasteiger partial charge in [0.2, 0.25) is 5.95 Å². The summed E-state index contributed by atoms with van der Waals surface area (Å²) in [7, 11) is 0. The van der Waals surface area contributed by atoms with Crippen LogP contribution >= 0.6 is 0 Å². The lowest BCUT2D eigenvalue weighted by Crippen LogP contribution is -2.36. The van der Waals surface area contributed by atoms with Gasteiger partial charge in [0, 0.05) is 42.9 Å². The molecule has 0 aliphatic carbocycles. The fourth-order valence-corrected chi connectivity index (χ4v) is 4.36. The monoisotopic (exact) mass is 476 g/mol. The van der Waals surface area contributed by atoms with Crippen LogP contribution in [0.5, 0.6) is 0 Å². The summed E-state index contributed by atoms with van der Waals surface area (Å²) in [5.41, 5.74) is 4.89. The highest BCUT2D eigenvalue weighted by Crippen LogP contribution is 2.32. The van der Waals surface area contributed by atoms with Crippen LogP contribution in [0.2, 0.25) is 0 Å². The van der Waals surface area contributed by atoms with Gasteiger partial charge in [-0.05, 0) is 57.0 Å². The Balaban J connectivity index is 1.48. The lowest BCUT2D eigenvalue weighted by atomic mass is 10.0. The largest absolute Gasteiger partial charge is 0.378 e. The Morgan fingerprint density at radius 3 is 2.66 bits per heavy atom. The highest BCUT2D eigenvalue weighted by Gasteiger charge is 2.25. The first kappa shape index (κ1) is 23.0. The Labute approximate surface area is 203 Å². The predicted octanol–water partition coefficient (Wildman–Crippen LogP) is 4.49. The summed E-state index contributed by atoms with van der Waals surface area (Å²) < 4.78 is 23.6. The maximum absolute atomic E-state index is 14.8. The van der Waals surface area contributed by atoms with Crippen LogP contribution in [0.3, 0.4) is 0 Å². The third-order valence-corrected chi connectivity index (χ3v) is 6.22. The van der Waals surface area contributed by atoms with E-state index in [0.29, 0.717) is 18.9 Å². The molecule has 8 nitrogen and oxygen atoms in total. The first-order chi connectivity index (χ1) is 16.7. The molecule has 0 unspecified atom stereocenters. The summed E-state index contributed by atoms with van der Waals surface area (Å²) in [6.07, 6.45) is 7.03. The smallest absolute Gasteiger partial charge is 0.261 e. The minimum Gasteiger partial charge on any atom is -0.378 e. The van der Waals surface area contributed by atoms with Crippen LogP contribution in [0.4, 0.5) is 15.8 Å². The highest BCUT2D eigenvalue weighted by molar-refractivity contribution is 6.04. The number of carbonyl (C=O) groups excluding carboxylic acids is 1. The molecule has 1 aromatic carbocycles. The Kier molecular flexibility index (Phi) is 5.80. The minimum absolute atomic E-state index is 0.0866. The number of imidazole rings is 1. The number of nitrogens with zero attached hydrogens (tertiary/aromatic N) is 5. The van der Waals surface area contributed by atoms with E-state index in [9.17, 15) is 9.18 Å². The number of fused-ring (bicyclic) bond motifs is 1. The van der Waals surface area contributed by atoms with Crippen molar-refractivity contribution in [1.82, 2.24) is 19.2 Å². The summed E-state index contributed by atoms with van der Waals surface area (Å²) in [4.78, 5) is 19.7. The molecular weight excluding hydrogens is 447 g/mol. The second-order valence-electron chi connectivity index (χ2n) is 9.79. The number of aryl methyl sites for hydroxylation is 1. The van der Waals surface area contributed by atoms with Crippen LogP contribution < -0.4 is 10.2 Å². The first-order valence-corrected chi connectivity index (χ1v) is 11.7. The highest BCUT2D eigenvalue weighted by atomic mass is 19.1. The van der Waals surface area contributed by atoms with E-state index in [0.717, 1.165) is 41.1 Å². The number of aromatic nitrogens is 4. The van der Waals surface area contributed by atoms with Crippen LogP contribution in [0.1, 0.15) is 36.7 Å². The van der Waals surface area contributed by atoms with Gasteiger partial charge < -0.3 is 19.4 Å². The van der Waals surface area contributed by atoms with Crippen LogP contribution in [0.15, 0.2) is 49.1 Å². The maximum atomic E-state index is 14.8. The molecule has 3 aromatic heterocycles. The molecule has 1 amide bonds. The molecule has 1 saturated heterocycles. The van der Waals surface area contributed by atoms with Gasteiger partial charge in [-0.3, -0.25) is 4.79 Å². The Morgan fingerprint density at radius 1 is 1.17 bits per heavy atom. The number of ether oxygens (including phenoxy) is 1. The van der Waals surface area contributed by atoms with E-state index in [1.165, 1.54) is 10.9 Å². The third-order valence-electron chi connectivity index (χ3n) is 6.22. The Bertz CT molecular complexity index is 1390. The third kappa shape index (κ3) is 4.39. The number of rotatable bonds is 4. The lowest BCUT2D eigenvalue weighted by molar-refractivity contribution is 0.102. The molecular formula is C26H29FN6O2. The summed E-state index contributed by atoms with van der Waals surface area (Å²) >= 11 is 0. The van der Waals surface area contributed by atoms with E-state index in [2.05, 4.69) is 26.4 Å². The van der Waals surface area contributed by atoms with Gasteiger partial charge in [-0.1, -0.05) is 6.07 Å². The van der Waals surface area contributed by atoms with E-state index in [1.807, 2.05) is 62.7 Å². The molecule has 35 heavy (non-hydrogen) atoms. The van der Waals surface area contributed by atoms with E-state index in [-0.39, 0.29) is 5.56 Å². The van der Waals surface area contributed by atoms with Gasteiger partial charge in [-0.2, -0.15) is 9.49 Å². The summed E-state index contributed by atoms with van der Waals surface area (Å²) in [5.74, 6) is -1.19. The zero-order valence-electron chi connectivity index (χ0n) is 20.4. The summed E-state index contributed by atoms with van der Waals surface area (Å²) in [6, 6.07) is 7.82. The molecule has 0 saturated carbocycles. The molecule has 0 bridgehead atoms. The number of nitrogens with one attached hydrogen (secondary N) is 1. The number of pyridine rings is 1. The molecule has 4 aromatic rings. The molecule has 1 N–H and O–H groups in total. The Morgan fingerprint density at radius 2 is 1.94 bits per heavy atom. The molecule has 0 atom stereocenters. The number of morpholine rings is 1. The molecule has 182 valence electrons.